The van der Waals surface area contributed by atoms with Crippen LogP contribution < -0.4 is 11.1 Å². The highest BCUT2D eigenvalue weighted by Gasteiger charge is 2.21. The number of carbonyl (C=O) groups is 3. The molecule has 3 N–H and O–H groups in total. The number of esters is 1. The lowest BCUT2D eigenvalue weighted by atomic mass is 10.2. The van der Waals surface area contributed by atoms with Crippen LogP contribution in [0.5, 0.6) is 0 Å². The summed E-state index contributed by atoms with van der Waals surface area (Å²) in [5, 5.41) is 12.0. The molecule has 0 aliphatic rings. The van der Waals surface area contributed by atoms with Crippen molar-refractivity contribution in [3.63, 3.8) is 0 Å². The second-order valence-corrected chi connectivity index (χ2v) is 5.99. The number of primary amides is 1. The zero-order valence-corrected chi connectivity index (χ0v) is 13.8. The summed E-state index contributed by atoms with van der Waals surface area (Å²) in [6.07, 6.45) is 1.89. The SMILES string of the molecule is CC(OC(=O)c1ccc2nncn2c1)C(=O)Nc1sccc1C(N)=O. The summed E-state index contributed by atoms with van der Waals surface area (Å²) in [6, 6.07) is 4.65. The zero-order valence-electron chi connectivity index (χ0n) is 13.0. The number of nitrogens with zero attached hydrogens (tertiary/aromatic N) is 3. The fourth-order valence-corrected chi connectivity index (χ4v) is 2.84. The Labute approximate surface area is 145 Å². The highest BCUT2D eigenvalue weighted by atomic mass is 32.1. The van der Waals surface area contributed by atoms with Gasteiger partial charge in [0.05, 0.1) is 11.1 Å². The fraction of sp³-hybridized carbons (Fsp3) is 0.133. The van der Waals surface area contributed by atoms with Crippen molar-refractivity contribution in [1.82, 2.24) is 14.6 Å². The van der Waals surface area contributed by atoms with Crippen molar-refractivity contribution in [1.29, 1.82) is 0 Å². The van der Waals surface area contributed by atoms with Gasteiger partial charge in [0.15, 0.2) is 11.8 Å². The van der Waals surface area contributed by atoms with E-state index in [2.05, 4.69) is 15.5 Å². The van der Waals surface area contributed by atoms with Gasteiger partial charge >= 0.3 is 5.97 Å². The lowest BCUT2D eigenvalue weighted by molar-refractivity contribution is -0.123. The molecule has 3 rings (SSSR count). The number of rotatable bonds is 5. The minimum absolute atomic E-state index is 0.204. The molecule has 3 heterocycles. The van der Waals surface area contributed by atoms with Crippen LogP contribution in [0.15, 0.2) is 36.1 Å². The molecule has 1 atom stereocenters. The Morgan fingerprint density at radius 1 is 1.32 bits per heavy atom. The van der Waals surface area contributed by atoms with E-state index in [1.165, 1.54) is 31.6 Å². The van der Waals surface area contributed by atoms with Crippen LogP contribution in [0.1, 0.15) is 27.6 Å². The quantitative estimate of drug-likeness (QED) is 0.656. The molecule has 0 aliphatic carbocycles. The molecule has 9 nitrogen and oxygen atoms in total. The lowest BCUT2D eigenvalue weighted by Crippen LogP contribution is -2.30. The lowest BCUT2D eigenvalue weighted by Gasteiger charge is -2.13. The number of fused-ring (bicyclic) bond motifs is 1. The van der Waals surface area contributed by atoms with E-state index in [0.717, 1.165) is 11.3 Å². The van der Waals surface area contributed by atoms with Gasteiger partial charge in [-0.25, -0.2) is 4.79 Å². The number of carbonyl (C=O) groups excluding carboxylic acids is 3. The molecule has 10 heteroatoms. The van der Waals surface area contributed by atoms with Gasteiger partial charge in [-0.2, -0.15) is 0 Å². The van der Waals surface area contributed by atoms with Crippen LogP contribution in [0.25, 0.3) is 5.65 Å². The van der Waals surface area contributed by atoms with Gasteiger partial charge in [0.2, 0.25) is 0 Å². The van der Waals surface area contributed by atoms with Crippen molar-refractivity contribution in [3.8, 4) is 0 Å². The van der Waals surface area contributed by atoms with E-state index in [-0.39, 0.29) is 11.1 Å². The minimum atomic E-state index is -1.06. The monoisotopic (exact) mass is 359 g/mol. The largest absolute Gasteiger partial charge is 0.449 e. The van der Waals surface area contributed by atoms with Gasteiger partial charge < -0.3 is 15.8 Å². The van der Waals surface area contributed by atoms with Gasteiger partial charge in [-0.15, -0.1) is 21.5 Å². The summed E-state index contributed by atoms with van der Waals surface area (Å²) in [6.45, 7) is 1.43. The Bertz CT molecular complexity index is 964. The van der Waals surface area contributed by atoms with Crippen LogP contribution in [0, 0.1) is 0 Å². The summed E-state index contributed by atoms with van der Waals surface area (Å²) >= 11 is 1.15. The van der Waals surface area contributed by atoms with Gasteiger partial charge in [-0.1, -0.05) is 0 Å². The summed E-state index contributed by atoms with van der Waals surface area (Å²) < 4.78 is 6.72. The maximum atomic E-state index is 12.2. The molecule has 0 radical (unpaired) electrons. The Morgan fingerprint density at radius 2 is 2.12 bits per heavy atom. The highest BCUT2D eigenvalue weighted by molar-refractivity contribution is 7.14. The number of anilines is 1. The maximum absolute atomic E-state index is 12.2. The van der Waals surface area contributed by atoms with E-state index < -0.39 is 23.9 Å². The normalized spacial score (nSPS) is 11.9. The molecule has 0 aliphatic heterocycles. The molecule has 3 aromatic rings. The van der Waals surface area contributed by atoms with Gasteiger partial charge in [-0.05, 0) is 30.5 Å². The minimum Gasteiger partial charge on any atom is -0.449 e. The second kappa shape index (κ2) is 6.69. The number of hydrogen-bond donors (Lipinski definition) is 2. The smallest absolute Gasteiger partial charge is 0.340 e. The first-order valence-corrected chi connectivity index (χ1v) is 8.02. The first-order valence-electron chi connectivity index (χ1n) is 7.14. The molecular weight excluding hydrogens is 346 g/mol. The predicted molar refractivity (Wildman–Crippen MR) is 89.3 cm³/mol. The van der Waals surface area contributed by atoms with E-state index in [4.69, 9.17) is 10.5 Å². The average molecular weight is 359 g/mol. The summed E-state index contributed by atoms with van der Waals surface area (Å²) in [4.78, 5) is 35.6. The third-order valence-corrected chi connectivity index (χ3v) is 4.18. The molecule has 0 saturated carbocycles. The van der Waals surface area contributed by atoms with E-state index >= 15 is 0 Å². The summed E-state index contributed by atoms with van der Waals surface area (Å²) in [7, 11) is 0. The first-order chi connectivity index (χ1) is 12.0. The molecule has 1 unspecified atom stereocenters. The Hall–Kier alpha value is -3.27. The molecule has 0 bridgehead atoms. The Kier molecular flexibility index (Phi) is 4.44. The third-order valence-electron chi connectivity index (χ3n) is 3.35. The van der Waals surface area contributed by atoms with E-state index in [1.54, 1.807) is 15.8 Å². The standard InChI is InChI=1S/C15H13N5O4S/c1-8(13(22)18-14-10(12(16)21)4-5-25-14)24-15(23)9-2-3-11-19-17-7-20(11)6-9/h2-8H,1H3,(H2,16,21)(H,18,22). The van der Waals surface area contributed by atoms with Crippen molar-refractivity contribution >= 4 is 39.8 Å². The van der Waals surface area contributed by atoms with Crippen LogP contribution in [0.3, 0.4) is 0 Å². The average Bonchev–Trinajstić information content (AvgIpc) is 3.22. The number of nitrogens with two attached hydrogens (primary N) is 1. The predicted octanol–water partition coefficient (Wildman–Crippen LogP) is 1.07. The van der Waals surface area contributed by atoms with Crippen LogP contribution >= 0.6 is 11.3 Å². The number of nitrogens with one attached hydrogen (secondary N) is 1. The number of ether oxygens (including phenoxy) is 1. The Morgan fingerprint density at radius 3 is 2.88 bits per heavy atom. The molecule has 25 heavy (non-hydrogen) atoms. The number of amides is 2. The molecule has 0 saturated heterocycles. The molecule has 2 amide bonds. The maximum Gasteiger partial charge on any atom is 0.340 e. The number of pyridine rings is 1. The fourth-order valence-electron chi connectivity index (χ4n) is 2.04. The third kappa shape index (κ3) is 3.48. The molecule has 128 valence electrons. The van der Waals surface area contributed by atoms with Gasteiger partial charge in [0.1, 0.15) is 11.3 Å². The van der Waals surface area contributed by atoms with E-state index in [1.807, 2.05) is 0 Å². The molecule has 0 spiro atoms. The summed E-state index contributed by atoms with van der Waals surface area (Å²) in [5.41, 5.74) is 6.26. The van der Waals surface area contributed by atoms with Crippen molar-refractivity contribution in [2.75, 3.05) is 5.32 Å². The Balaban J connectivity index is 1.67. The number of hydrogen-bond acceptors (Lipinski definition) is 7. The number of aromatic nitrogens is 3. The molecule has 0 aromatic carbocycles. The van der Waals surface area contributed by atoms with Crippen molar-refractivity contribution in [2.45, 2.75) is 13.0 Å². The molecular formula is C15H13N5O4S. The van der Waals surface area contributed by atoms with Crippen molar-refractivity contribution < 1.29 is 19.1 Å². The van der Waals surface area contributed by atoms with Crippen LogP contribution in [0.4, 0.5) is 5.00 Å². The molecule has 0 fully saturated rings. The van der Waals surface area contributed by atoms with Crippen molar-refractivity contribution in [3.05, 3.63) is 47.2 Å². The van der Waals surface area contributed by atoms with Gasteiger partial charge in [0.25, 0.3) is 11.8 Å². The topological polar surface area (TPSA) is 129 Å². The van der Waals surface area contributed by atoms with Gasteiger partial charge in [-0.3, -0.25) is 14.0 Å². The van der Waals surface area contributed by atoms with Crippen LogP contribution in [-0.2, 0) is 9.53 Å². The molecule has 3 aromatic heterocycles. The summed E-state index contributed by atoms with van der Waals surface area (Å²) in [5.74, 6) is -1.88. The second-order valence-electron chi connectivity index (χ2n) is 5.08. The number of thiophene rings is 1. The van der Waals surface area contributed by atoms with E-state index in [0.29, 0.717) is 10.6 Å². The van der Waals surface area contributed by atoms with Crippen LogP contribution in [-0.4, -0.2) is 38.5 Å². The first kappa shape index (κ1) is 16.6. The van der Waals surface area contributed by atoms with Gasteiger partial charge in [0, 0.05) is 6.20 Å². The van der Waals surface area contributed by atoms with Crippen molar-refractivity contribution in [2.24, 2.45) is 5.73 Å². The highest BCUT2D eigenvalue weighted by Crippen LogP contribution is 2.23. The zero-order chi connectivity index (χ0) is 18.0. The van der Waals surface area contributed by atoms with E-state index in [9.17, 15) is 14.4 Å². The van der Waals surface area contributed by atoms with Crippen LogP contribution in [0.2, 0.25) is 0 Å².